The van der Waals surface area contributed by atoms with E-state index in [-0.39, 0.29) is 12.2 Å². The molecule has 148 valence electrons. The van der Waals surface area contributed by atoms with Crippen LogP contribution in [-0.4, -0.2) is 36.7 Å². The van der Waals surface area contributed by atoms with Gasteiger partial charge in [-0.3, -0.25) is 14.9 Å². The zero-order valence-electron chi connectivity index (χ0n) is 15.8. The molecule has 0 aromatic heterocycles. The number of aliphatic hydroxyl groups excluding tert-OH is 1. The van der Waals surface area contributed by atoms with Crippen LogP contribution in [0.15, 0.2) is 42.5 Å². The second-order valence-corrected chi connectivity index (χ2v) is 5.88. The van der Waals surface area contributed by atoms with Crippen LogP contribution in [0.4, 0.5) is 5.69 Å². The number of nitrogens with zero attached hydrogens (tertiary/aromatic N) is 1. The van der Waals surface area contributed by atoms with Crippen LogP contribution in [0.1, 0.15) is 34.5 Å². The molecule has 2 N–H and O–H groups in total. The van der Waals surface area contributed by atoms with Gasteiger partial charge in [0, 0.05) is 29.8 Å². The van der Waals surface area contributed by atoms with Crippen molar-refractivity contribution in [3.8, 4) is 11.5 Å². The van der Waals surface area contributed by atoms with Crippen LogP contribution in [0.25, 0.3) is 6.08 Å². The van der Waals surface area contributed by atoms with Gasteiger partial charge in [0.25, 0.3) is 11.6 Å². The fraction of sp³-hybridized carbons (Fsp3) is 0.250. The summed E-state index contributed by atoms with van der Waals surface area (Å²) in [6.45, 7) is 1.79. The van der Waals surface area contributed by atoms with Crippen LogP contribution in [-0.2, 0) is 0 Å². The van der Waals surface area contributed by atoms with Gasteiger partial charge in [-0.05, 0) is 36.8 Å². The van der Waals surface area contributed by atoms with Gasteiger partial charge in [-0.2, -0.15) is 0 Å². The van der Waals surface area contributed by atoms with E-state index in [1.807, 2.05) is 13.0 Å². The Labute approximate surface area is 162 Å². The molecule has 0 saturated heterocycles. The Morgan fingerprint density at radius 2 is 1.93 bits per heavy atom. The number of aliphatic hydroxyl groups is 1. The zero-order chi connectivity index (χ0) is 20.7. The number of allylic oxidation sites excluding steroid dienone is 1. The third kappa shape index (κ3) is 4.86. The van der Waals surface area contributed by atoms with Gasteiger partial charge < -0.3 is 19.9 Å². The molecule has 0 aliphatic carbocycles. The van der Waals surface area contributed by atoms with Gasteiger partial charge in [0.2, 0.25) is 0 Å². The predicted octanol–water partition coefficient (Wildman–Crippen LogP) is 3.11. The van der Waals surface area contributed by atoms with Gasteiger partial charge in [0.1, 0.15) is 0 Å². The number of benzene rings is 2. The van der Waals surface area contributed by atoms with E-state index in [2.05, 4.69) is 5.32 Å². The van der Waals surface area contributed by atoms with Crippen molar-refractivity contribution in [2.75, 3.05) is 20.8 Å². The summed E-state index contributed by atoms with van der Waals surface area (Å²) in [5, 5.41) is 23.6. The second kappa shape index (κ2) is 9.52. The summed E-state index contributed by atoms with van der Waals surface area (Å²) < 4.78 is 10.6. The first kappa shape index (κ1) is 20.9. The van der Waals surface area contributed by atoms with Crippen LogP contribution < -0.4 is 14.8 Å². The highest BCUT2D eigenvalue weighted by molar-refractivity contribution is 5.96. The van der Waals surface area contributed by atoms with Crippen LogP contribution in [0.5, 0.6) is 11.5 Å². The molecule has 0 fully saturated rings. The molecule has 0 aliphatic heterocycles. The Morgan fingerprint density at radius 3 is 2.46 bits per heavy atom. The van der Waals surface area contributed by atoms with Crippen LogP contribution in [0.3, 0.4) is 0 Å². The number of hydrogen-bond donors (Lipinski definition) is 2. The maximum absolute atomic E-state index is 12.5. The van der Waals surface area contributed by atoms with Gasteiger partial charge in [0.15, 0.2) is 11.5 Å². The number of rotatable bonds is 8. The molecule has 0 saturated carbocycles. The molecular weight excluding hydrogens is 364 g/mol. The number of nitro groups is 1. The summed E-state index contributed by atoms with van der Waals surface area (Å²) >= 11 is 0. The summed E-state index contributed by atoms with van der Waals surface area (Å²) in [4.78, 5) is 22.7. The molecule has 0 radical (unpaired) electrons. The number of hydrogen-bond acceptors (Lipinski definition) is 6. The average molecular weight is 386 g/mol. The molecule has 1 amide bonds. The first-order chi connectivity index (χ1) is 13.4. The van der Waals surface area contributed by atoms with Crippen molar-refractivity contribution in [1.82, 2.24) is 5.32 Å². The van der Waals surface area contributed by atoms with Crippen molar-refractivity contribution >= 4 is 17.7 Å². The minimum Gasteiger partial charge on any atom is -0.493 e. The van der Waals surface area contributed by atoms with E-state index in [9.17, 15) is 20.0 Å². The molecule has 0 spiro atoms. The van der Waals surface area contributed by atoms with Crippen LogP contribution >= 0.6 is 0 Å². The van der Waals surface area contributed by atoms with Crippen molar-refractivity contribution in [2.24, 2.45) is 0 Å². The Balaban J connectivity index is 2.13. The van der Waals surface area contributed by atoms with Crippen LogP contribution in [0.2, 0.25) is 0 Å². The highest BCUT2D eigenvalue weighted by Gasteiger charge is 2.17. The molecule has 1 unspecified atom stereocenters. The molecule has 2 aromatic carbocycles. The molecule has 0 bridgehead atoms. The fourth-order valence-corrected chi connectivity index (χ4v) is 2.66. The largest absolute Gasteiger partial charge is 0.493 e. The lowest BCUT2D eigenvalue weighted by Gasteiger charge is -2.15. The van der Waals surface area contributed by atoms with Gasteiger partial charge in [0.05, 0.1) is 25.2 Å². The molecule has 8 heteroatoms. The molecule has 0 aliphatic rings. The van der Waals surface area contributed by atoms with Gasteiger partial charge in [-0.25, -0.2) is 0 Å². The Kier molecular flexibility index (Phi) is 7.11. The van der Waals surface area contributed by atoms with Crippen molar-refractivity contribution in [2.45, 2.75) is 13.0 Å². The number of ether oxygens (including phenoxy) is 2. The molecular formula is C20H22N2O6. The van der Waals surface area contributed by atoms with Crippen molar-refractivity contribution in [3.63, 3.8) is 0 Å². The SMILES string of the molecule is C/C=C/c1cc(C(=O)NCC(O)c2ccc([N+](=O)[O-])cc2)cc(OC)c1OC. The summed E-state index contributed by atoms with van der Waals surface area (Å²) in [6.07, 6.45) is 2.61. The molecule has 0 heterocycles. The number of nitrogens with one attached hydrogen (secondary N) is 1. The molecule has 28 heavy (non-hydrogen) atoms. The maximum atomic E-state index is 12.5. The topological polar surface area (TPSA) is 111 Å². The number of methoxy groups -OCH3 is 2. The summed E-state index contributed by atoms with van der Waals surface area (Å²) in [5.41, 5.74) is 1.43. The highest BCUT2D eigenvalue weighted by atomic mass is 16.6. The minimum absolute atomic E-state index is 0.0516. The van der Waals surface area contributed by atoms with E-state index in [1.165, 1.54) is 38.5 Å². The number of non-ortho nitro benzene ring substituents is 1. The Bertz CT molecular complexity index is 877. The molecule has 2 rings (SSSR count). The number of amides is 1. The number of nitro benzene ring substituents is 1. The van der Waals surface area contributed by atoms with E-state index in [0.717, 1.165) is 0 Å². The Morgan fingerprint density at radius 1 is 1.25 bits per heavy atom. The quantitative estimate of drug-likeness (QED) is 0.533. The fourth-order valence-electron chi connectivity index (χ4n) is 2.66. The summed E-state index contributed by atoms with van der Waals surface area (Å²) in [5.74, 6) is 0.537. The van der Waals surface area contributed by atoms with Gasteiger partial charge in [-0.15, -0.1) is 0 Å². The first-order valence-electron chi connectivity index (χ1n) is 8.50. The predicted molar refractivity (Wildman–Crippen MR) is 105 cm³/mol. The summed E-state index contributed by atoms with van der Waals surface area (Å²) in [7, 11) is 3.00. The molecule has 1 atom stereocenters. The third-order valence-electron chi connectivity index (χ3n) is 4.06. The van der Waals surface area contributed by atoms with E-state index < -0.39 is 16.9 Å². The normalized spacial score (nSPS) is 11.9. The maximum Gasteiger partial charge on any atom is 0.269 e. The standard InChI is InChI=1S/C20H22N2O6/c1-4-5-14-10-15(11-18(27-2)19(14)28-3)20(24)21-12-17(23)13-6-8-16(9-7-13)22(25)26/h4-11,17,23H,12H2,1-3H3,(H,21,24)/b5-4+. The van der Waals surface area contributed by atoms with Gasteiger partial charge in [-0.1, -0.05) is 12.2 Å². The molecule has 2 aromatic rings. The lowest BCUT2D eigenvalue weighted by atomic mass is 10.1. The van der Waals surface area contributed by atoms with Crippen LogP contribution in [0, 0.1) is 10.1 Å². The van der Waals surface area contributed by atoms with E-state index >= 15 is 0 Å². The highest BCUT2D eigenvalue weighted by Crippen LogP contribution is 2.33. The Hall–Kier alpha value is -3.39. The molecule has 8 nitrogen and oxygen atoms in total. The minimum atomic E-state index is -1.00. The average Bonchev–Trinajstić information content (AvgIpc) is 2.71. The third-order valence-corrected chi connectivity index (χ3v) is 4.06. The first-order valence-corrected chi connectivity index (χ1v) is 8.50. The van der Waals surface area contributed by atoms with Gasteiger partial charge >= 0.3 is 0 Å². The van der Waals surface area contributed by atoms with Crippen molar-refractivity contribution in [1.29, 1.82) is 0 Å². The van der Waals surface area contributed by atoms with Crippen molar-refractivity contribution < 1.29 is 24.3 Å². The number of carbonyl (C=O) groups excluding carboxylic acids is 1. The lowest BCUT2D eigenvalue weighted by Crippen LogP contribution is -2.28. The van der Waals surface area contributed by atoms with E-state index in [0.29, 0.717) is 28.2 Å². The van der Waals surface area contributed by atoms with Crippen molar-refractivity contribution in [3.05, 3.63) is 69.3 Å². The zero-order valence-corrected chi connectivity index (χ0v) is 15.8. The lowest BCUT2D eigenvalue weighted by molar-refractivity contribution is -0.384. The summed E-state index contributed by atoms with van der Waals surface area (Å²) in [6, 6.07) is 8.73. The smallest absolute Gasteiger partial charge is 0.269 e. The number of carbonyl (C=O) groups is 1. The monoisotopic (exact) mass is 386 g/mol. The second-order valence-electron chi connectivity index (χ2n) is 5.88. The van der Waals surface area contributed by atoms with E-state index in [1.54, 1.807) is 18.2 Å². The van der Waals surface area contributed by atoms with E-state index in [4.69, 9.17) is 9.47 Å².